The number of hydrogen-bond donors (Lipinski definition) is 0. The Kier molecular flexibility index (Phi) is 7.46. The highest BCUT2D eigenvalue weighted by molar-refractivity contribution is 8.19. The molecule has 164 valence electrons. The number of amides is 1. The molecule has 2 aromatic carbocycles. The number of carbonyl (C=O) groups is 3. The zero-order chi connectivity index (χ0) is 22.4. The van der Waals surface area contributed by atoms with Crippen LogP contribution in [0.5, 0.6) is 0 Å². The van der Waals surface area contributed by atoms with Crippen LogP contribution in [0.15, 0.2) is 60.7 Å². The summed E-state index contributed by atoms with van der Waals surface area (Å²) in [5, 5.41) is 1.37. The van der Waals surface area contributed by atoms with E-state index >= 15 is 0 Å². The lowest BCUT2D eigenvalue weighted by molar-refractivity contribution is -0.155. The van der Waals surface area contributed by atoms with Gasteiger partial charge >= 0.3 is 18.0 Å². The summed E-state index contributed by atoms with van der Waals surface area (Å²) in [5.74, 6) is -1.23. The van der Waals surface area contributed by atoms with Crippen molar-refractivity contribution in [1.29, 1.82) is 0 Å². The molecule has 2 atom stereocenters. The first-order valence-corrected chi connectivity index (χ1v) is 12.5. The monoisotopic (exact) mass is 461 g/mol. The third kappa shape index (κ3) is 4.81. The van der Waals surface area contributed by atoms with Gasteiger partial charge < -0.3 is 14.0 Å². The smallest absolute Gasteiger partial charge is 0.415 e. The number of ether oxygens (including phenoxy) is 2. The Morgan fingerprint density at radius 3 is 1.65 bits per heavy atom. The van der Waals surface area contributed by atoms with Crippen LogP contribution in [0.3, 0.4) is 0 Å². The molecule has 9 heteroatoms. The van der Waals surface area contributed by atoms with Gasteiger partial charge in [0, 0.05) is 10.6 Å². The molecule has 0 spiro atoms. The summed E-state index contributed by atoms with van der Waals surface area (Å²) in [6.45, 7) is 0. The molecule has 0 N–H and O–H groups in total. The first kappa shape index (κ1) is 23.0. The number of carbonyl (C=O) groups excluding carboxylic acids is 3. The lowest BCUT2D eigenvalue weighted by atomic mass is 9.96. The van der Waals surface area contributed by atoms with Gasteiger partial charge in [0.1, 0.15) is 12.1 Å². The van der Waals surface area contributed by atoms with Crippen molar-refractivity contribution in [3.05, 3.63) is 60.7 Å². The minimum Gasteiger partial charge on any atom is -0.467 e. The van der Waals surface area contributed by atoms with Crippen molar-refractivity contribution in [2.75, 3.05) is 14.2 Å². The second-order valence-corrected chi connectivity index (χ2v) is 10.9. The average molecular weight is 461 g/mol. The zero-order valence-corrected chi connectivity index (χ0v) is 19.0. The highest BCUT2D eigenvalue weighted by Crippen LogP contribution is 2.46. The van der Waals surface area contributed by atoms with Crippen molar-refractivity contribution in [3.8, 4) is 0 Å². The molecule has 31 heavy (non-hydrogen) atoms. The van der Waals surface area contributed by atoms with Crippen LogP contribution in [0.2, 0.25) is 0 Å². The summed E-state index contributed by atoms with van der Waals surface area (Å²) in [5.41, 5.74) is 0. The van der Waals surface area contributed by atoms with E-state index < -0.39 is 36.4 Å². The molecular formula is C22H24NO6PS. The predicted molar refractivity (Wildman–Crippen MR) is 120 cm³/mol. The molecule has 0 aromatic heterocycles. The molecule has 0 unspecified atom stereocenters. The predicted octanol–water partition coefficient (Wildman–Crippen LogP) is 2.74. The van der Waals surface area contributed by atoms with Crippen LogP contribution in [-0.4, -0.2) is 49.2 Å². The second kappa shape index (κ2) is 10.1. The lowest BCUT2D eigenvalue weighted by Crippen LogP contribution is -2.56. The number of likely N-dealkylation sites (tertiary alicyclic amines) is 1. The maximum absolute atomic E-state index is 13.5. The summed E-state index contributed by atoms with van der Waals surface area (Å²) in [6.07, 6.45) is -2.60. The Hall–Kier alpha value is -2.70. The largest absolute Gasteiger partial charge is 0.467 e. The summed E-state index contributed by atoms with van der Waals surface area (Å²) in [7, 11) is 2.48. The van der Waals surface area contributed by atoms with Crippen molar-refractivity contribution in [2.45, 2.75) is 31.3 Å². The van der Waals surface area contributed by atoms with Crippen molar-refractivity contribution < 1.29 is 28.4 Å². The van der Waals surface area contributed by atoms with Crippen LogP contribution in [0.4, 0.5) is 4.79 Å². The first-order valence-electron chi connectivity index (χ1n) is 9.81. The van der Waals surface area contributed by atoms with Crippen molar-refractivity contribution in [3.63, 3.8) is 0 Å². The fourth-order valence-corrected chi connectivity index (χ4v) is 6.52. The third-order valence-electron chi connectivity index (χ3n) is 5.18. The molecule has 0 radical (unpaired) electrons. The van der Waals surface area contributed by atoms with Crippen LogP contribution in [0, 0.1) is 0 Å². The fraction of sp³-hybridized carbons (Fsp3) is 0.318. The normalized spacial score (nSPS) is 18.7. The van der Waals surface area contributed by atoms with E-state index in [1.807, 2.05) is 60.7 Å². The van der Waals surface area contributed by atoms with Crippen molar-refractivity contribution in [2.24, 2.45) is 0 Å². The Morgan fingerprint density at radius 2 is 1.26 bits per heavy atom. The van der Waals surface area contributed by atoms with Crippen LogP contribution in [0.1, 0.15) is 19.3 Å². The molecule has 7 nitrogen and oxygen atoms in total. The third-order valence-corrected chi connectivity index (χ3v) is 9.04. The topological polar surface area (TPSA) is 82.1 Å². The molecule has 1 heterocycles. The number of methoxy groups -OCH3 is 2. The summed E-state index contributed by atoms with van der Waals surface area (Å²) in [4.78, 5) is 39.4. The molecule has 1 fully saturated rings. The van der Waals surface area contributed by atoms with E-state index in [2.05, 4.69) is 0 Å². The zero-order valence-electron chi connectivity index (χ0n) is 17.3. The highest BCUT2D eigenvalue weighted by atomic mass is 32.4. The first-order chi connectivity index (χ1) is 14.9. The molecule has 0 saturated carbocycles. The molecule has 1 saturated heterocycles. The maximum Gasteiger partial charge on any atom is 0.415 e. The molecule has 1 amide bonds. The minimum absolute atomic E-state index is 0.356. The van der Waals surface area contributed by atoms with Crippen LogP contribution < -0.4 is 10.6 Å². The van der Waals surface area contributed by atoms with E-state index in [9.17, 15) is 14.4 Å². The van der Waals surface area contributed by atoms with E-state index in [4.69, 9.17) is 25.8 Å². The number of piperidine rings is 1. The van der Waals surface area contributed by atoms with Gasteiger partial charge in [0.15, 0.2) is 6.26 Å². The molecular weight excluding hydrogens is 437 g/mol. The molecule has 0 bridgehead atoms. The van der Waals surface area contributed by atoms with E-state index in [1.165, 1.54) is 14.2 Å². The fourth-order valence-electron chi connectivity index (χ4n) is 3.65. The number of hydrogen-bond acceptors (Lipinski definition) is 7. The number of benzene rings is 2. The molecule has 3 rings (SSSR count). The molecule has 0 aliphatic carbocycles. The van der Waals surface area contributed by atoms with Crippen molar-refractivity contribution >= 4 is 46.7 Å². The van der Waals surface area contributed by atoms with Gasteiger partial charge in [-0.1, -0.05) is 60.7 Å². The summed E-state index contributed by atoms with van der Waals surface area (Å²) < 4.78 is 15.7. The number of rotatable bonds is 5. The lowest BCUT2D eigenvalue weighted by Gasteiger charge is -2.39. The van der Waals surface area contributed by atoms with Gasteiger partial charge in [-0.05, 0) is 31.1 Å². The standard InChI is InChI=1S/C22H24NO6PS/c1-27-20(24)18-14-9-15-19(21(25)28-2)23(18)22(26)29-30(31,16-10-5-3-6-11-16)17-12-7-4-8-13-17/h3-8,10-13,18-19H,9,14-15H2,1-2H3/t18-,19-/m1/s1. The van der Waals surface area contributed by atoms with Crippen LogP contribution in [0.25, 0.3) is 0 Å². The Morgan fingerprint density at radius 1 is 0.839 bits per heavy atom. The second-order valence-electron chi connectivity index (χ2n) is 7.00. The van der Waals surface area contributed by atoms with E-state index in [0.717, 1.165) is 4.90 Å². The van der Waals surface area contributed by atoms with Gasteiger partial charge in [-0.3, -0.25) is 4.90 Å². The molecule has 1 aliphatic heterocycles. The average Bonchev–Trinajstić information content (AvgIpc) is 2.83. The Labute approximate surface area is 186 Å². The number of esters is 2. The Balaban J connectivity index is 2.03. The van der Waals surface area contributed by atoms with E-state index in [0.29, 0.717) is 29.9 Å². The minimum atomic E-state index is -3.04. The van der Waals surface area contributed by atoms with Gasteiger partial charge in [0.25, 0.3) is 0 Å². The Bertz CT molecular complexity index is 917. The van der Waals surface area contributed by atoms with E-state index in [-0.39, 0.29) is 0 Å². The summed E-state index contributed by atoms with van der Waals surface area (Å²) in [6, 6.07) is 16.3. The van der Waals surface area contributed by atoms with Gasteiger partial charge in [-0.25, -0.2) is 14.4 Å². The SMILES string of the molecule is COC(=O)[C@H]1CCC[C@H](C(=O)OC)N1C(=O)OP(=S)(c1ccccc1)c1ccccc1. The van der Waals surface area contributed by atoms with E-state index in [1.54, 1.807) is 0 Å². The van der Waals surface area contributed by atoms with Crippen molar-refractivity contribution in [1.82, 2.24) is 4.90 Å². The van der Waals surface area contributed by atoms with Gasteiger partial charge in [0.05, 0.1) is 14.2 Å². The number of nitrogens with zero attached hydrogens (tertiary/aromatic N) is 1. The molecule has 1 aliphatic rings. The van der Waals surface area contributed by atoms with Gasteiger partial charge in [-0.15, -0.1) is 0 Å². The van der Waals surface area contributed by atoms with Gasteiger partial charge in [0.2, 0.25) is 0 Å². The molecule has 2 aromatic rings. The quantitative estimate of drug-likeness (QED) is 0.500. The summed E-state index contributed by atoms with van der Waals surface area (Å²) >= 11 is 5.95. The van der Waals surface area contributed by atoms with Gasteiger partial charge in [-0.2, -0.15) is 0 Å². The highest BCUT2D eigenvalue weighted by Gasteiger charge is 2.45. The van der Waals surface area contributed by atoms with Crippen LogP contribution >= 0.6 is 6.26 Å². The van der Waals surface area contributed by atoms with Crippen LogP contribution in [-0.2, 0) is 35.4 Å². The maximum atomic E-state index is 13.5.